The van der Waals surface area contributed by atoms with E-state index in [4.69, 9.17) is 4.74 Å². The van der Waals surface area contributed by atoms with Gasteiger partial charge in [0.2, 0.25) is 0 Å². The van der Waals surface area contributed by atoms with Gasteiger partial charge < -0.3 is 10.1 Å². The van der Waals surface area contributed by atoms with Crippen LogP contribution in [0.1, 0.15) is 43.6 Å². The molecule has 0 unspecified atom stereocenters. The molecular weight excluding hydrogens is 294 g/mol. The van der Waals surface area contributed by atoms with E-state index < -0.39 is 0 Å². The molecule has 0 amide bonds. The van der Waals surface area contributed by atoms with Crippen LogP contribution in [-0.2, 0) is 11.2 Å². The van der Waals surface area contributed by atoms with Gasteiger partial charge in [-0.2, -0.15) is 0 Å². The highest BCUT2D eigenvalue weighted by Gasteiger charge is 2.29. The van der Waals surface area contributed by atoms with Gasteiger partial charge in [0.1, 0.15) is 11.6 Å². The maximum atomic E-state index is 5.10. The number of hydrogen-bond acceptors (Lipinski definition) is 4. The van der Waals surface area contributed by atoms with Crippen molar-refractivity contribution in [3.8, 4) is 0 Å². The average Bonchev–Trinajstić information content (AvgIpc) is 3.20. The van der Waals surface area contributed by atoms with E-state index in [-0.39, 0.29) is 0 Å². The van der Waals surface area contributed by atoms with E-state index in [1.807, 2.05) is 0 Å². The number of halogens is 1. The standard InChI is InChI=1S/C13H20BrN3O/c1-3-7-15-13-11(14)12(9-4-5-9)16-10(17-13)6-8-18-2/h9H,3-8H2,1-2H3,(H,15,16,17). The van der Waals surface area contributed by atoms with Crippen molar-refractivity contribution >= 4 is 21.7 Å². The molecule has 1 aromatic heterocycles. The van der Waals surface area contributed by atoms with Crippen LogP contribution in [0.25, 0.3) is 0 Å². The van der Waals surface area contributed by atoms with Crippen LogP contribution in [0, 0.1) is 0 Å². The van der Waals surface area contributed by atoms with Crippen molar-refractivity contribution in [3.05, 3.63) is 16.0 Å². The van der Waals surface area contributed by atoms with Gasteiger partial charge in [0.05, 0.1) is 16.8 Å². The van der Waals surface area contributed by atoms with E-state index in [0.29, 0.717) is 12.5 Å². The molecule has 4 nitrogen and oxygen atoms in total. The van der Waals surface area contributed by atoms with E-state index in [0.717, 1.165) is 41.2 Å². The predicted octanol–water partition coefficient (Wildman–Crippen LogP) is 3.13. The molecule has 1 fully saturated rings. The summed E-state index contributed by atoms with van der Waals surface area (Å²) in [6.45, 7) is 3.75. The molecule has 18 heavy (non-hydrogen) atoms. The minimum absolute atomic E-state index is 0.617. The van der Waals surface area contributed by atoms with Crippen LogP contribution < -0.4 is 5.32 Å². The minimum atomic E-state index is 0.617. The lowest BCUT2D eigenvalue weighted by molar-refractivity contribution is 0.200. The lowest BCUT2D eigenvalue weighted by atomic mass is 10.2. The van der Waals surface area contributed by atoms with Gasteiger partial charge in [-0.15, -0.1) is 0 Å². The first-order valence-corrected chi connectivity index (χ1v) is 7.34. The molecule has 0 aromatic carbocycles. The second-order valence-electron chi connectivity index (χ2n) is 4.63. The largest absolute Gasteiger partial charge is 0.384 e. The van der Waals surface area contributed by atoms with Crippen molar-refractivity contribution in [2.24, 2.45) is 0 Å². The van der Waals surface area contributed by atoms with E-state index in [1.165, 1.54) is 12.8 Å². The fourth-order valence-corrected chi connectivity index (χ4v) is 2.45. The zero-order valence-electron chi connectivity index (χ0n) is 11.0. The predicted molar refractivity (Wildman–Crippen MR) is 76.1 cm³/mol. The topological polar surface area (TPSA) is 47.0 Å². The smallest absolute Gasteiger partial charge is 0.144 e. The Labute approximate surface area is 117 Å². The zero-order chi connectivity index (χ0) is 13.0. The van der Waals surface area contributed by atoms with Crippen LogP contribution in [0.5, 0.6) is 0 Å². The van der Waals surface area contributed by atoms with Gasteiger partial charge in [0.25, 0.3) is 0 Å². The average molecular weight is 314 g/mol. The highest BCUT2D eigenvalue weighted by molar-refractivity contribution is 9.10. The Kier molecular flexibility index (Phi) is 4.95. The SMILES string of the molecule is CCCNc1nc(CCOC)nc(C2CC2)c1Br. The van der Waals surface area contributed by atoms with Crippen LogP contribution in [0.15, 0.2) is 4.47 Å². The lowest BCUT2D eigenvalue weighted by Crippen LogP contribution is -2.10. The Hall–Kier alpha value is -0.680. The molecule has 1 N–H and O–H groups in total. The Balaban J connectivity index is 2.22. The molecule has 2 rings (SSSR count). The summed E-state index contributed by atoms with van der Waals surface area (Å²) in [5.41, 5.74) is 1.16. The fourth-order valence-electron chi connectivity index (χ4n) is 1.81. The van der Waals surface area contributed by atoms with Gasteiger partial charge in [0.15, 0.2) is 0 Å². The molecule has 1 saturated carbocycles. The summed E-state index contributed by atoms with van der Waals surface area (Å²) >= 11 is 3.64. The van der Waals surface area contributed by atoms with Crippen molar-refractivity contribution < 1.29 is 4.74 Å². The highest BCUT2D eigenvalue weighted by atomic mass is 79.9. The van der Waals surface area contributed by atoms with Crippen LogP contribution in [0.4, 0.5) is 5.82 Å². The third-order valence-corrected chi connectivity index (χ3v) is 3.74. The van der Waals surface area contributed by atoms with Crippen molar-refractivity contribution in [2.45, 2.75) is 38.5 Å². The maximum Gasteiger partial charge on any atom is 0.144 e. The summed E-state index contributed by atoms with van der Waals surface area (Å²) in [4.78, 5) is 9.23. The van der Waals surface area contributed by atoms with Gasteiger partial charge in [-0.25, -0.2) is 9.97 Å². The molecule has 5 heteroatoms. The number of methoxy groups -OCH3 is 1. The number of nitrogens with zero attached hydrogens (tertiary/aromatic N) is 2. The maximum absolute atomic E-state index is 5.10. The number of rotatable bonds is 7. The molecular formula is C13H20BrN3O. The molecule has 0 bridgehead atoms. The summed E-state index contributed by atoms with van der Waals surface area (Å²) in [5.74, 6) is 2.42. The van der Waals surface area contributed by atoms with E-state index in [1.54, 1.807) is 7.11 Å². The third kappa shape index (κ3) is 3.42. The minimum Gasteiger partial charge on any atom is -0.384 e. The first-order valence-electron chi connectivity index (χ1n) is 6.55. The van der Waals surface area contributed by atoms with Gasteiger partial charge in [-0.3, -0.25) is 0 Å². The summed E-state index contributed by atoms with van der Waals surface area (Å²) in [6, 6.07) is 0. The van der Waals surface area contributed by atoms with Crippen LogP contribution in [0.2, 0.25) is 0 Å². The highest BCUT2D eigenvalue weighted by Crippen LogP contribution is 2.43. The fraction of sp³-hybridized carbons (Fsp3) is 0.692. The van der Waals surface area contributed by atoms with E-state index in [2.05, 4.69) is 38.1 Å². The van der Waals surface area contributed by atoms with Crippen LogP contribution in [-0.4, -0.2) is 30.2 Å². The summed E-state index contributed by atoms with van der Waals surface area (Å²) in [6.07, 6.45) is 4.34. The molecule has 0 spiro atoms. The lowest BCUT2D eigenvalue weighted by Gasteiger charge is -2.12. The van der Waals surface area contributed by atoms with Gasteiger partial charge >= 0.3 is 0 Å². The normalized spacial score (nSPS) is 14.8. The molecule has 1 aliphatic carbocycles. The van der Waals surface area contributed by atoms with Gasteiger partial charge in [-0.05, 0) is 35.2 Å². The summed E-state index contributed by atoms with van der Waals surface area (Å²) in [5, 5.41) is 3.36. The van der Waals surface area contributed by atoms with Crippen LogP contribution in [0.3, 0.4) is 0 Å². The number of ether oxygens (including phenoxy) is 1. The molecule has 0 atom stereocenters. The number of anilines is 1. The van der Waals surface area contributed by atoms with Crippen LogP contribution >= 0.6 is 15.9 Å². The molecule has 1 heterocycles. The summed E-state index contributed by atoms with van der Waals surface area (Å²) < 4.78 is 6.14. The Morgan fingerprint density at radius 2 is 2.17 bits per heavy atom. The number of hydrogen-bond donors (Lipinski definition) is 1. The second kappa shape index (κ2) is 6.48. The Morgan fingerprint density at radius 1 is 1.39 bits per heavy atom. The third-order valence-electron chi connectivity index (χ3n) is 2.96. The summed E-state index contributed by atoms with van der Waals surface area (Å²) in [7, 11) is 1.71. The molecule has 0 saturated heterocycles. The molecule has 1 aliphatic rings. The van der Waals surface area contributed by atoms with Crippen molar-refractivity contribution in [3.63, 3.8) is 0 Å². The molecule has 0 radical (unpaired) electrons. The van der Waals surface area contributed by atoms with Gasteiger partial charge in [0, 0.05) is 26.0 Å². The van der Waals surface area contributed by atoms with Crippen molar-refractivity contribution in [1.29, 1.82) is 0 Å². The van der Waals surface area contributed by atoms with E-state index in [9.17, 15) is 0 Å². The zero-order valence-corrected chi connectivity index (χ0v) is 12.6. The first-order chi connectivity index (χ1) is 8.76. The Morgan fingerprint density at radius 3 is 2.78 bits per heavy atom. The van der Waals surface area contributed by atoms with Crippen molar-refractivity contribution in [1.82, 2.24) is 9.97 Å². The quantitative estimate of drug-likeness (QED) is 0.840. The molecule has 0 aliphatic heterocycles. The second-order valence-corrected chi connectivity index (χ2v) is 5.42. The van der Waals surface area contributed by atoms with Crippen molar-refractivity contribution in [2.75, 3.05) is 25.6 Å². The molecule has 100 valence electrons. The number of nitrogens with one attached hydrogen (secondary N) is 1. The number of aromatic nitrogens is 2. The van der Waals surface area contributed by atoms with E-state index >= 15 is 0 Å². The first kappa shape index (κ1) is 13.7. The molecule has 1 aromatic rings. The monoisotopic (exact) mass is 313 g/mol. The Bertz CT molecular complexity index is 407. The van der Waals surface area contributed by atoms with Gasteiger partial charge in [-0.1, -0.05) is 6.92 Å².